The zero-order valence-electron chi connectivity index (χ0n) is 8.67. The Hall–Kier alpha value is -0.480. The fourth-order valence-corrected chi connectivity index (χ4v) is 2.96. The van der Waals surface area contributed by atoms with Gasteiger partial charge in [0, 0.05) is 22.9 Å². The highest BCUT2D eigenvalue weighted by atomic mass is 35.5. The second kappa shape index (κ2) is 5.23. The highest BCUT2D eigenvalue weighted by molar-refractivity contribution is 7.16. The van der Waals surface area contributed by atoms with Crippen LogP contribution in [0.15, 0.2) is 28.9 Å². The van der Waals surface area contributed by atoms with Crippen molar-refractivity contribution in [2.24, 2.45) is 0 Å². The lowest BCUT2D eigenvalue weighted by atomic mass is 10.1. The maximum Gasteiger partial charge on any atom is 0.197 e. The molecule has 2 rings (SSSR count). The third-order valence-corrected chi connectivity index (χ3v) is 3.96. The number of rotatable bonds is 4. The van der Waals surface area contributed by atoms with Crippen LogP contribution in [0.1, 0.15) is 16.5 Å². The molecule has 0 aliphatic rings. The lowest BCUT2D eigenvalue weighted by Gasteiger charge is -2.13. The van der Waals surface area contributed by atoms with Crippen molar-refractivity contribution in [1.29, 1.82) is 0 Å². The van der Waals surface area contributed by atoms with Crippen LogP contribution in [-0.4, -0.2) is 7.05 Å². The van der Waals surface area contributed by atoms with Crippen molar-refractivity contribution >= 4 is 34.5 Å². The van der Waals surface area contributed by atoms with Crippen molar-refractivity contribution in [3.63, 3.8) is 0 Å². The molecule has 1 N–H and O–H groups in total. The van der Waals surface area contributed by atoms with E-state index in [-0.39, 0.29) is 6.04 Å². The van der Waals surface area contributed by atoms with Gasteiger partial charge in [-0.2, -0.15) is 0 Å². The zero-order chi connectivity index (χ0) is 11.5. The quantitative estimate of drug-likeness (QED) is 0.907. The highest BCUT2D eigenvalue weighted by Gasteiger charge is 2.16. The molecule has 0 aliphatic carbocycles. The van der Waals surface area contributed by atoms with E-state index in [2.05, 4.69) is 5.32 Å². The molecule has 1 atom stereocenters. The van der Waals surface area contributed by atoms with E-state index < -0.39 is 0 Å². The van der Waals surface area contributed by atoms with Crippen LogP contribution in [0.25, 0.3) is 0 Å². The molecule has 2 nitrogen and oxygen atoms in total. The summed E-state index contributed by atoms with van der Waals surface area (Å²) < 4.78 is 5.90. The lowest BCUT2D eigenvalue weighted by Crippen LogP contribution is -2.18. The van der Waals surface area contributed by atoms with Crippen LogP contribution in [0.2, 0.25) is 9.56 Å². The van der Waals surface area contributed by atoms with Gasteiger partial charge in [0.05, 0.1) is 10.6 Å². The molecule has 2 aromatic rings. The van der Waals surface area contributed by atoms with Crippen molar-refractivity contribution in [1.82, 2.24) is 5.32 Å². The van der Waals surface area contributed by atoms with E-state index in [9.17, 15) is 0 Å². The third kappa shape index (κ3) is 2.61. The van der Waals surface area contributed by atoms with Gasteiger partial charge in [-0.15, -0.1) is 11.3 Å². The van der Waals surface area contributed by atoms with E-state index >= 15 is 0 Å². The summed E-state index contributed by atoms with van der Waals surface area (Å²) in [5.74, 6) is 0. The summed E-state index contributed by atoms with van der Waals surface area (Å²) in [4.78, 5) is 1.22. The Bertz CT molecular complexity index is 466. The molecule has 86 valence electrons. The molecular weight excluding hydrogens is 265 g/mol. The SMILES string of the molecule is CNC(Cc1ccc(Cl)s1)c1ccoc1Cl. The van der Waals surface area contributed by atoms with Crippen molar-refractivity contribution < 1.29 is 4.42 Å². The Kier molecular flexibility index (Phi) is 3.92. The number of furan rings is 1. The lowest BCUT2D eigenvalue weighted by molar-refractivity contribution is 0.545. The molecule has 5 heteroatoms. The van der Waals surface area contributed by atoms with Gasteiger partial charge in [0.15, 0.2) is 5.22 Å². The van der Waals surface area contributed by atoms with Crippen molar-refractivity contribution in [3.05, 3.63) is 44.5 Å². The van der Waals surface area contributed by atoms with Gasteiger partial charge in [-0.05, 0) is 36.8 Å². The molecule has 0 bridgehead atoms. The van der Waals surface area contributed by atoms with Gasteiger partial charge in [0.1, 0.15) is 0 Å². The first-order chi connectivity index (χ1) is 7.70. The molecule has 0 saturated carbocycles. The maximum absolute atomic E-state index is 5.96. The summed E-state index contributed by atoms with van der Waals surface area (Å²) in [5.41, 5.74) is 0.980. The van der Waals surface area contributed by atoms with Crippen molar-refractivity contribution in [2.75, 3.05) is 7.05 Å². The predicted molar refractivity (Wildman–Crippen MR) is 68.6 cm³/mol. The Morgan fingerprint density at radius 1 is 1.38 bits per heavy atom. The standard InChI is InChI=1S/C11H11Cl2NOS/c1-14-9(8-4-5-15-11(8)13)6-7-2-3-10(12)16-7/h2-5,9,14H,6H2,1H3. The number of thiophene rings is 1. The van der Waals surface area contributed by atoms with E-state index in [0.29, 0.717) is 5.22 Å². The first-order valence-corrected chi connectivity index (χ1v) is 6.42. The van der Waals surface area contributed by atoms with Gasteiger partial charge >= 0.3 is 0 Å². The Morgan fingerprint density at radius 3 is 2.69 bits per heavy atom. The predicted octanol–water partition coefficient (Wildman–Crippen LogP) is 4.15. The number of hydrogen-bond acceptors (Lipinski definition) is 3. The molecule has 16 heavy (non-hydrogen) atoms. The zero-order valence-corrected chi connectivity index (χ0v) is 11.0. The average molecular weight is 276 g/mol. The van der Waals surface area contributed by atoms with E-state index in [1.54, 1.807) is 17.6 Å². The maximum atomic E-state index is 5.96. The molecule has 1 unspecified atom stereocenters. The van der Waals surface area contributed by atoms with Crippen LogP contribution in [0.5, 0.6) is 0 Å². The number of likely N-dealkylation sites (N-methyl/N-ethyl adjacent to an activating group) is 1. The van der Waals surface area contributed by atoms with Crippen LogP contribution >= 0.6 is 34.5 Å². The number of hydrogen-bond donors (Lipinski definition) is 1. The summed E-state index contributed by atoms with van der Waals surface area (Å²) in [5, 5.41) is 3.67. The fraction of sp³-hybridized carbons (Fsp3) is 0.273. The fourth-order valence-electron chi connectivity index (χ4n) is 1.58. The minimum absolute atomic E-state index is 0.154. The molecule has 0 aliphatic heterocycles. The van der Waals surface area contributed by atoms with E-state index in [1.807, 2.05) is 25.2 Å². The summed E-state index contributed by atoms with van der Waals surface area (Å²) in [7, 11) is 1.91. The highest BCUT2D eigenvalue weighted by Crippen LogP contribution is 2.30. The Balaban J connectivity index is 2.15. The van der Waals surface area contributed by atoms with Gasteiger partial charge in [0.2, 0.25) is 0 Å². The van der Waals surface area contributed by atoms with Gasteiger partial charge in [-0.1, -0.05) is 11.6 Å². The summed E-state index contributed by atoms with van der Waals surface area (Å²) in [6.45, 7) is 0. The van der Waals surface area contributed by atoms with Crippen molar-refractivity contribution in [3.8, 4) is 0 Å². The van der Waals surface area contributed by atoms with E-state index in [0.717, 1.165) is 16.3 Å². The van der Waals surface area contributed by atoms with Gasteiger partial charge in [-0.3, -0.25) is 0 Å². The van der Waals surface area contributed by atoms with E-state index in [1.165, 1.54) is 4.88 Å². The smallest absolute Gasteiger partial charge is 0.197 e. The minimum atomic E-state index is 0.154. The second-order valence-electron chi connectivity index (χ2n) is 3.40. The molecule has 0 radical (unpaired) electrons. The van der Waals surface area contributed by atoms with Gasteiger partial charge in [0.25, 0.3) is 0 Å². The number of nitrogens with one attached hydrogen (secondary N) is 1. The summed E-state index contributed by atoms with van der Waals surface area (Å²) >= 11 is 13.4. The van der Waals surface area contributed by atoms with Gasteiger partial charge < -0.3 is 9.73 Å². The third-order valence-electron chi connectivity index (χ3n) is 2.40. The summed E-state index contributed by atoms with van der Waals surface area (Å²) in [6, 6.07) is 5.98. The molecule has 0 spiro atoms. The van der Waals surface area contributed by atoms with Crippen LogP contribution < -0.4 is 5.32 Å². The average Bonchev–Trinajstić information content (AvgIpc) is 2.84. The second-order valence-corrected chi connectivity index (χ2v) is 5.54. The molecule has 2 aromatic heterocycles. The molecule has 0 fully saturated rings. The Labute approximate surface area is 108 Å². The van der Waals surface area contributed by atoms with E-state index in [4.69, 9.17) is 27.6 Å². The van der Waals surface area contributed by atoms with Gasteiger partial charge in [-0.25, -0.2) is 0 Å². The molecule has 0 saturated heterocycles. The topological polar surface area (TPSA) is 25.2 Å². The largest absolute Gasteiger partial charge is 0.453 e. The van der Waals surface area contributed by atoms with Crippen LogP contribution in [0, 0.1) is 0 Å². The van der Waals surface area contributed by atoms with Crippen molar-refractivity contribution in [2.45, 2.75) is 12.5 Å². The normalized spacial score (nSPS) is 12.9. The molecule has 2 heterocycles. The Morgan fingerprint density at radius 2 is 2.19 bits per heavy atom. The molecule has 0 aromatic carbocycles. The first-order valence-electron chi connectivity index (χ1n) is 4.85. The molecule has 0 amide bonds. The van der Waals surface area contributed by atoms with Crippen LogP contribution in [0.4, 0.5) is 0 Å². The summed E-state index contributed by atoms with van der Waals surface area (Å²) in [6.07, 6.45) is 2.45. The minimum Gasteiger partial charge on any atom is -0.453 e. The monoisotopic (exact) mass is 275 g/mol. The molecular formula is C11H11Cl2NOS. The van der Waals surface area contributed by atoms with Crippen LogP contribution in [-0.2, 0) is 6.42 Å². The number of halogens is 2. The first kappa shape index (κ1) is 12.0. The van der Waals surface area contributed by atoms with Crippen LogP contribution in [0.3, 0.4) is 0 Å².